The summed E-state index contributed by atoms with van der Waals surface area (Å²) >= 11 is 0. The smallest absolute Gasteiger partial charge is 0.419 e. The van der Waals surface area contributed by atoms with E-state index in [-0.39, 0.29) is 12.1 Å². The Bertz CT molecular complexity index is 1460. The summed E-state index contributed by atoms with van der Waals surface area (Å²) in [7, 11) is 1.55. The molecule has 204 valence electrons. The number of piperazine rings is 1. The van der Waals surface area contributed by atoms with Gasteiger partial charge in [-0.3, -0.25) is 4.90 Å². The van der Waals surface area contributed by atoms with Crippen molar-refractivity contribution < 1.29 is 22.3 Å². The van der Waals surface area contributed by atoms with Crippen molar-refractivity contribution in [2.45, 2.75) is 26.2 Å². The Morgan fingerprint density at radius 3 is 2.38 bits per heavy atom. The van der Waals surface area contributed by atoms with Crippen molar-refractivity contribution in [3.8, 4) is 5.88 Å². The van der Waals surface area contributed by atoms with Gasteiger partial charge in [0.1, 0.15) is 23.1 Å². The van der Waals surface area contributed by atoms with Crippen LogP contribution in [0.1, 0.15) is 22.5 Å². The van der Waals surface area contributed by atoms with Gasteiger partial charge in [-0.1, -0.05) is 42.5 Å². The minimum Gasteiger partial charge on any atom is -0.479 e. The number of hydrogen-bond acceptors (Lipinski definition) is 7. The number of nitrogens with zero attached hydrogens (tertiary/aromatic N) is 5. The van der Waals surface area contributed by atoms with Gasteiger partial charge in [0.05, 0.1) is 18.1 Å². The monoisotopic (exact) mass is 540 g/mol. The predicted octanol–water partition coefficient (Wildman–Crippen LogP) is 5.43. The third kappa shape index (κ3) is 5.88. The van der Waals surface area contributed by atoms with Crippen LogP contribution in [0.25, 0.3) is 11.0 Å². The highest BCUT2D eigenvalue weighted by Crippen LogP contribution is 2.35. The molecule has 1 aliphatic heterocycles. The van der Waals surface area contributed by atoms with Crippen LogP contribution in [0, 0.1) is 12.7 Å². The zero-order chi connectivity index (χ0) is 27.6. The maximum atomic E-state index is 14.6. The van der Waals surface area contributed by atoms with Crippen LogP contribution in [0.2, 0.25) is 0 Å². The van der Waals surface area contributed by atoms with Gasteiger partial charge >= 0.3 is 6.18 Å². The van der Waals surface area contributed by atoms with E-state index in [9.17, 15) is 17.6 Å². The van der Waals surface area contributed by atoms with Crippen LogP contribution in [0.15, 0.2) is 54.6 Å². The number of aryl methyl sites for hydroxylation is 1. The molecule has 1 saturated heterocycles. The molecule has 1 N–H and O–H groups in total. The Labute approximate surface area is 223 Å². The number of methoxy groups -OCH3 is 1. The number of aromatic nitrogens is 3. The first-order valence-corrected chi connectivity index (χ1v) is 12.6. The standard InChI is InChI=1S/C28H28F4N6O/c1-18-34-25(33-16-20-9-6-10-22(24(20)29)28(30,31)32)21-15-23(27(39-2)36-26(21)35-18)38-13-11-37(12-14-38)17-19-7-4-3-5-8-19/h3-10,15H,11-14,16-17H2,1-2H3,(H,33,34,35,36). The van der Waals surface area contributed by atoms with Gasteiger partial charge in [-0.15, -0.1) is 0 Å². The van der Waals surface area contributed by atoms with Crippen molar-refractivity contribution in [1.82, 2.24) is 19.9 Å². The summed E-state index contributed by atoms with van der Waals surface area (Å²) in [6.07, 6.45) is -4.78. The first kappa shape index (κ1) is 26.6. The summed E-state index contributed by atoms with van der Waals surface area (Å²) in [5, 5.41) is 3.57. The highest BCUT2D eigenvalue weighted by Gasteiger charge is 2.34. The minimum atomic E-state index is -4.78. The molecule has 0 saturated carbocycles. The van der Waals surface area contributed by atoms with Gasteiger partial charge in [0, 0.05) is 44.8 Å². The lowest BCUT2D eigenvalue weighted by atomic mass is 10.1. The van der Waals surface area contributed by atoms with Crippen molar-refractivity contribution in [1.29, 1.82) is 0 Å². The molecule has 0 aliphatic carbocycles. The third-order valence-corrected chi connectivity index (χ3v) is 6.73. The number of rotatable bonds is 7. The Morgan fingerprint density at radius 1 is 0.949 bits per heavy atom. The number of ether oxygens (including phenoxy) is 1. The van der Waals surface area contributed by atoms with Crippen molar-refractivity contribution in [2.24, 2.45) is 0 Å². The van der Waals surface area contributed by atoms with Crippen LogP contribution in [-0.2, 0) is 19.3 Å². The molecule has 5 rings (SSSR count). The van der Waals surface area contributed by atoms with Gasteiger partial charge in [-0.2, -0.15) is 18.2 Å². The van der Waals surface area contributed by atoms with Gasteiger partial charge < -0.3 is 15.0 Å². The molecule has 39 heavy (non-hydrogen) atoms. The lowest BCUT2D eigenvalue weighted by molar-refractivity contribution is -0.140. The van der Waals surface area contributed by atoms with Crippen LogP contribution in [0.4, 0.5) is 29.1 Å². The summed E-state index contributed by atoms with van der Waals surface area (Å²) in [6.45, 7) is 5.56. The summed E-state index contributed by atoms with van der Waals surface area (Å²) in [5.41, 5.74) is 0.982. The molecule has 7 nitrogen and oxygen atoms in total. The number of anilines is 2. The number of benzene rings is 2. The summed E-state index contributed by atoms with van der Waals surface area (Å²) in [6, 6.07) is 15.4. The summed E-state index contributed by atoms with van der Waals surface area (Å²) in [5.74, 6) is -0.117. The van der Waals surface area contributed by atoms with E-state index < -0.39 is 17.6 Å². The molecule has 11 heteroatoms. The van der Waals surface area contributed by atoms with E-state index >= 15 is 0 Å². The number of fused-ring (bicyclic) bond motifs is 1. The molecule has 2 aromatic carbocycles. The highest BCUT2D eigenvalue weighted by atomic mass is 19.4. The molecule has 2 aromatic heterocycles. The maximum absolute atomic E-state index is 14.6. The molecule has 3 heterocycles. The normalized spacial score (nSPS) is 14.6. The van der Waals surface area contributed by atoms with Crippen molar-refractivity contribution in [3.05, 3.63) is 82.9 Å². The van der Waals surface area contributed by atoms with E-state index in [0.29, 0.717) is 28.6 Å². The van der Waals surface area contributed by atoms with Gasteiger partial charge in [0.15, 0.2) is 5.65 Å². The second kappa shape index (κ2) is 11.0. The highest BCUT2D eigenvalue weighted by molar-refractivity contribution is 5.90. The van der Waals surface area contributed by atoms with Gasteiger partial charge in [-0.05, 0) is 24.6 Å². The molecule has 1 aliphatic rings. The molecule has 0 spiro atoms. The Morgan fingerprint density at radius 2 is 1.69 bits per heavy atom. The molecular formula is C28H28F4N6O. The van der Waals surface area contributed by atoms with E-state index in [2.05, 4.69) is 42.2 Å². The first-order valence-electron chi connectivity index (χ1n) is 12.6. The number of nitrogens with one attached hydrogen (secondary N) is 1. The van der Waals surface area contributed by atoms with Crippen LogP contribution < -0.4 is 15.0 Å². The number of pyridine rings is 1. The Hall–Kier alpha value is -3.99. The van der Waals surface area contributed by atoms with Crippen LogP contribution in [0.3, 0.4) is 0 Å². The number of hydrogen-bond donors (Lipinski definition) is 1. The van der Waals surface area contributed by atoms with Crippen molar-refractivity contribution >= 4 is 22.5 Å². The van der Waals surface area contributed by atoms with E-state index in [1.54, 1.807) is 14.0 Å². The first-order chi connectivity index (χ1) is 18.7. The van der Waals surface area contributed by atoms with Crippen LogP contribution >= 0.6 is 0 Å². The van der Waals surface area contributed by atoms with E-state index in [4.69, 9.17) is 4.74 Å². The fourth-order valence-corrected chi connectivity index (χ4v) is 4.75. The molecular weight excluding hydrogens is 512 g/mol. The molecule has 0 radical (unpaired) electrons. The number of alkyl halides is 3. The zero-order valence-corrected chi connectivity index (χ0v) is 21.6. The molecule has 0 atom stereocenters. The molecule has 4 aromatic rings. The summed E-state index contributed by atoms with van der Waals surface area (Å²) < 4.78 is 59.7. The van der Waals surface area contributed by atoms with Gasteiger partial charge in [0.25, 0.3) is 0 Å². The van der Waals surface area contributed by atoms with E-state index in [0.717, 1.165) is 44.5 Å². The van der Waals surface area contributed by atoms with Gasteiger partial charge in [-0.25, -0.2) is 14.4 Å². The van der Waals surface area contributed by atoms with E-state index in [1.165, 1.54) is 17.7 Å². The Kier molecular flexibility index (Phi) is 7.51. The van der Waals surface area contributed by atoms with Crippen molar-refractivity contribution in [3.63, 3.8) is 0 Å². The topological polar surface area (TPSA) is 66.4 Å². The van der Waals surface area contributed by atoms with Crippen molar-refractivity contribution in [2.75, 3.05) is 43.5 Å². The maximum Gasteiger partial charge on any atom is 0.419 e. The van der Waals surface area contributed by atoms with Gasteiger partial charge in [0.2, 0.25) is 5.88 Å². The second-order valence-electron chi connectivity index (χ2n) is 9.39. The SMILES string of the molecule is COc1nc2nc(C)nc(NCc3cccc(C(F)(F)F)c3F)c2cc1N1CCN(Cc2ccccc2)CC1. The predicted molar refractivity (Wildman–Crippen MR) is 141 cm³/mol. The molecule has 0 unspecified atom stereocenters. The zero-order valence-electron chi connectivity index (χ0n) is 21.6. The summed E-state index contributed by atoms with van der Waals surface area (Å²) in [4.78, 5) is 18.0. The minimum absolute atomic E-state index is 0.120. The van der Waals surface area contributed by atoms with Crippen LogP contribution in [0.5, 0.6) is 5.88 Å². The van der Waals surface area contributed by atoms with Crippen LogP contribution in [-0.4, -0.2) is 53.1 Å². The third-order valence-electron chi connectivity index (χ3n) is 6.73. The molecule has 1 fully saturated rings. The molecule has 0 bridgehead atoms. The average molecular weight is 541 g/mol. The lowest BCUT2D eigenvalue weighted by Gasteiger charge is -2.36. The molecule has 0 amide bonds. The number of halogens is 4. The quantitative estimate of drug-likeness (QED) is 0.314. The van der Waals surface area contributed by atoms with E-state index in [1.807, 2.05) is 24.3 Å². The fraction of sp³-hybridized carbons (Fsp3) is 0.321. The fourth-order valence-electron chi connectivity index (χ4n) is 4.75. The Balaban J connectivity index is 1.39. The largest absolute Gasteiger partial charge is 0.479 e. The average Bonchev–Trinajstić information content (AvgIpc) is 2.92. The lowest BCUT2D eigenvalue weighted by Crippen LogP contribution is -2.46. The second-order valence-corrected chi connectivity index (χ2v) is 9.39.